The third-order valence-electron chi connectivity index (χ3n) is 11.1. The van der Waals surface area contributed by atoms with Crippen LogP contribution in [0.5, 0.6) is 0 Å². The van der Waals surface area contributed by atoms with Crippen LogP contribution in [0.25, 0.3) is 83.6 Å². The smallest absolute Gasteiger partial charge is 0.657 e. The first kappa shape index (κ1) is 36.9. The summed E-state index contributed by atoms with van der Waals surface area (Å²) in [5, 5.41) is 0. The maximum absolute atomic E-state index is 14.3. The standard InChI is InChI=1S/C50H35N5O2.Zn/c1-30(2)57-49(56)50(51-3)45-46(50)48-44(34-22-14-7-15-23-34)40-29-27-38(54-40)42(32-18-10-5-11-19-32)36-25-24-35(52-36)41(31-16-8-4-9-17-31)37-26-28-39(53-37)43(47(45)55-48)33-20-12-6-13-21-33;/h4-30,45-46H,1-2H3;/q-2;+2/t45-,46+,50?;. The van der Waals surface area contributed by atoms with E-state index in [0.29, 0.717) is 22.4 Å². The number of benzene rings is 4. The van der Waals surface area contributed by atoms with Crippen LogP contribution >= 0.6 is 0 Å². The number of hydrogen-bond donors (Lipinski definition) is 0. The van der Waals surface area contributed by atoms with Crippen LogP contribution in [0, 0.1) is 6.57 Å². The molecule has 7 aromatic rings. The largest absolute Gasteiger partial charge is 2.00 e. The zero-order valence-electron chi connectivity index (χ0n) is 32.0. The van der Waals surface area contributed by atoms with Crippen molar-refractivity contribution in [2.45, 2.75) is 37.3 Å². The molecule has 4 aromatic carbocycles. The average molecular weight is 803 g/mol. The van der Waals surface area contributed by atoms with Gasteiger partial charge in [0.15, 0.2) is 0 Å². The minimum absolute atomic E-state index is 0. The number of hydrogen-bond acceptors (Lipinski definition) is 4. The van der Waals surface area contributed by atoms with Crippen LogP contribution in [0.2, 0.25) is 0 Å². The summed E-state index contributed by atoms with van der Waals surface area (Å²) in [6.45, 7) is 12.3. The fourth-order valence-corrected chi connectivity index (χ4v) is 8.60. The summed E-state index contributed by atoms with van der Waals surface area (Å²) in [6.07, 6.45) is 3.71. The first-order chi connectivity index (χ1) is 28.0. The van der Waals surface area contributed by atoms with Crippen LogP contribution in [0.3, 0.4) is 0 Å². The van der Waals surface area contributed by atoms with Crippen LogP contribution < -0.4 is 9.97 Å². The Bertz CT molecular complexity index is 2770. The van der Waals surface area contributed by atoms with E-state index in [-0.39, 0.29) is 19.5 Å². The van der Waals surface area contributed by atoms with Crippen LogP contribution in [-0.2, 0) is 29.0 Å². The number of carbonyl (C=O) groups excluding carboxylic acids is 1. The SMILES string of the molecule is [C-]#[N+]C1(C(=O)OC(C)C)[C@@H]2c3nc(c(-c4ccccc4)c4ccc([n-]4)c(-c4ccccc4)c4nc(c(-c5ccccc5)c5ccc([n-]5)c3-c3ccccc3)C=C4)[C@@H]21.[Zn+2]. The van der Waals surface area contributed by atoms with Gasteiger partial charge in [0, 0.05) is 0 Å². The summed E-state index contributed by atoms with van der Waals surface area (Å²) in [5.74, 6) is -1.68. The topological polar surface area (TPSA) is 84.6 Å². The molecular weight excluding hydrogens is 768 g/mol. The van der Waals surface area contributed by atoms with Gasteiger partial charge in [-0.1, -0.05) is 146 Å². The van der Waals surface area contributed by atoms with Gasteiger partial charge in [0.05, 0.1) is 28.9 Å². The second-order valence-electron chi connectivity index (χ2n) is 14.8. The summed E-state index contributed by atoms with van der Waals surface area (Å²) < 4.78 is 5.91. The Kier molecular flexibility index (Phi) is 9.35. The van der Waals surface area contributed by atoms with Gasteiger partial charge in [0.2, 0.25) is 0 Å². The fraction of sp³-hybridized carbons (Fsp3) is 0.120. The molecule has 8 heteroatoms. The maximum atomic E-state index is 14.3. The quantitative estimate of drug-likeness (QED) is 0.0946. The Hall–Kier alpha value is -6.68. The Morgan fingerprint density at radius 2 is 0.914 bits per heavy atom. The Morgan fingerprint density at radius 3 is 1.26 bits per heavy atom. The molecule has 3 atom stereocenters. The van der Waals surface area contributed by atoms with Gasteiger partial charge in [-0.3, -0.25) is 9.83 Å². The molecule has 58 heavy (non-hydrogen) atoms. The zero-order valence-corrected chi connectivity index (χ0v) is 35.0. The average Bonchev–Trinajstić information content (AvgIpc) is 3.85. The van der Waals surface area contributed by atoms with Crippen molar-refractivity contribution in [3.8, 4) is 44.5 Å². The van der Waals surface area contributed by atoms with Crippen molar-refractivity contribution in [2.24, 2.45) is 0 Å². The molecule has 3 aliphatic rings. The number of ether oxygens (including phenoxy) is 1. The van der Waals surface area contributed by atoms with Crippen LogP contribution in [-0.4, -0.2) is 27.6 Å². The summed E-state index contributed by atoms with van der Waals surface area (Å²) in [4.78, 5) is 40.1. The number of fused-ring (bicyclic) bond motifs is 11. The first-order valence-corrected chi connectivity index (χ1v) is 19.1. The molecule has 7 nitrogen and oxygen atoms in total. The Labute approximate surface area is 349 Å². The maximum Gasteiger partial charge on any atom is 2.00 e. The number of rotatable bonds is 6. The van der Waals surface area contributed by atoms with E-state index in [1.165, 1.54) is 0 Å². The molecule has 2 aliphatic heterocycles. The van der Waals surface area contributed by atoms with Gasteiger partial charge in [0.25, 0.3) is 0 Å². The first-order valence-electron chi connectivity index (χ1n) is 19.1. The second kappa shape index (κ2) is 14.7. The third-order valence-corrected chi connectivity index (χ3v) is 11.1. The predicted octanol–water partition coefficient (Wildman–Crippen LogP) is 10.9. The fourth-order valence-electron chi connectivity index (χ4n) is 8.60. The molecule has 5 heterocycles. The molecule has 8 bridgehead atoms. The van der Waals surface area contributed by atoms with Crippen molar-refractivity contribution in [3.63, 3.8) is 0 Å². The molecule has 1 unspecified atom stereocenters. The van der Waals surface area contributed by atoms with E-state index < -0.39 is 29.4 Å². The van der Waals surface area contributed by atoms with E-state index in [1.54, 1.807) is 0 Å². The zero-order chi connectivity index (χ0) is 38.7. The van der Waals surface area contributed by atoms with Gasteiger partial charge in [-0.25, -0.2) is 16.4 Å². The van der Waals surface area contributed by atoms with Gasteiger partial charge < -0.3 is 14.7 Å². The van der Waals surface area contributed by atoms with Crippen molar-refractivity contribution in [3.05, 3.63) is 180 Å². The summed E-state index contributed by atoms with van der Waals surface area (Å²) in [7, 11) is 0. The molecule has 0 amide bonds. The Morgan fingerprint density at radius 1 is 0.569 bits per heavy atom. The van der Waals surface area contributed by atoms with Gasteiger partial charge in [-0.05, 0) is 70.5 Å². The number of carbonyl (C=O) groups is 1. The summed E-state index contributed by atoms with van der Waals surface area (Å²) >= 11 is 0. The van der Waals surface area contributed by atoms with Gasteiger partial charge >= 0.3 is 31.0 Å². The molecule has 0 N–H and O–H groups in total. The molecule has 0 spiro atoms. The molecule has 274 valence electrons. The number of esters is 1. The summed E-state index contributed by atoms with van der Waals surface area (Å²) in [6, 6.07) is 48.5. The van der Waals surface area contributed by atoms with Crippen LogP contribution in [0.15, 0.2) is 146 Å². The van der Waals surface area contributed by atoms with Crippen molar-refractivity contribution >= 4 is 40.2 Å². The van der Waals surface area contributed by atoms with Crippen molar-refractivity contribution < 1.29 is 29.0 Å². The number of nitrogens with zero attached hydrogens (tertiary/aromatic N) is 5. The molecule has 1 fully saturated rings. The van der Waals surface area contributed by atoms with E-state index >= 15 is 0 Å². The van der Waals surface area contributed by atoms with E-state index in [2.05, 4.69) is 41.3 Å². The molecule has 0 saturated heterocycles. The van der Waals surface area contributed by atoms with E-state index in [9.17, 15) is 4.79 Å². The molecule has 3 aromatic heterocycles. The monoisotopic (exact) mass is 801 g/mol. The summed E-state index contributed by atoms with van der Waals surface area (Å²) in [5.41, 5.74) is 11.3. The second-order valence-corrected chi connectivity index (χ2v) is 14.8. The number of aromatic nitrogens is 4. The normalized spacial score (nSPS) is 17.6. The minimum Gasteiger partial charge on any atom is -0.657 e. The van der Waals surface area contributed by atoms with Crippen molar-refractivity contribution in [1.29, 1.82) is 0 Å². The van der Waals surface area contributed by atoms with Crippen LogP contribution in [0.1, 0.15) is 48.5 Å². The van der Waals surface area contributed by atoms with Gasteiger partial charge in [-0.15, -0.1) is 22.1 Å². The van der Waals surface area contributed by atoms with E-state index in [0.717, 1.165) is 66.9 Å². The van der Waals surface area contributed by atoms with Crippen molar-refractivity contribution in [1.82, 2.24) is 19.9 Å². The van der Waals surface area contributed by atoms with E-state index in [4.69, 9.17) is 31.2 Å². The predicted molar refractivity (Wildman–Crippen MR) is 226 cm³/mol. The van der Waals surface area contributed by atoms with E-state index in [1.807, 2.05) is 135 Å². The van der Waals surface area contributed by atoms with Crippen molar-refractivity contribution in [2.75, 3.05) is 0 Å². The molecule has 10 rings (SSSR count). The molecule has 0 radical (unpaired) electrons. The van der Waals surface area contributed by atoms with Gasteiger partial charge in [-0.2, -0.15) is 0 Å². The molecule has 1 saturated carbocycles. The van der Waals surface area contributed by atoms with Gasteiger partial charge in [0.1, 0.15) is 11.8 Å². The minimum atomic E-state index is -1.51. The third kappa shape index (κ3) is 5.93. The van der Waals surface area contributed by atoms with Crippen LogP contribution in [0.4, 0.5) is 0 Å². The molecular formula is C50H35N5O2Zn. The molecule has 1 aliphatic carbocycles. The Balaban J connectivity index is 0.00000436.